The number of hydrogen-bond acceptors (Lipinski definition) is 6. The molecule has 0 aliphatic carbocycles. The second kappa shape index (κ2) is 8.52. The van der Waals surface area contributed by atoms with Crippen molar-refractivity contribution in [3.05, 3.63) is 54.6 Å². The van der Waals surface area contributed by atoms with Crippen LogP contribution in [0, 0.1) is 0 Å². The lowest BCUT2D eigenvalue weighted by molar-refractivity contribution is 0.324. The largest absolute Gasteiger partial charge is 0.497 e. The third-order valence-electron chi connectivity index (χ3n) is 5.20. The van der Waals surface area contributed by atoms with Gasteiger partial charge < -0.3 is 28.1 Å². The fourth-order valence-electron chi connectivity index (χ4n) is 3.66. The molecule has 0 N–H and O–H groups in total. The van der Waals surface area contributed by atoms with Gasteiger partial charge in [0.15, 0.2) is 11.5 Å². The molecule has 0 unspecified atom stereocenters. The lowest BCUT2D eigenvalue weighted by Crippen LogP contribution is -1.95. The number of rotatable bonds is 7. The van der Waals surface area contributed by atoms with E-state index in [2.05, 4.69) is 0 Å². The van der Waals surface area contributed by atoms with Crippen molar-refractivity contribution in [2.75, 3.05) is 35.5 Å². The van der Waals surface area contributed by atoms with Crippen molar-refractivity contribution in [2.24, 2.45) is 0 Å². The molecule has 6 heteroatoms. The third-order valence-corrected chi connectivity index (χ3v) is 5.20. The summed E-state index contributed by atoms with van der Waals surface area (Å²) in [5.74, 6) is 3.82. The molecule has 4 aromatic rings. The average molecular weight is 420 g/mol. The van der Waals surface area contributed by atoms with Crippen molar-refractivity contribution in [3.8, 4) is 51.2 Å². The predicted octanol–water partition coefficient (Wildman–Crippen LogP) is 5.81. The summed E-state index contributed by atoms with van der Waals surface area (Å²) in [5, 5.41) is 0.967. The summed E-state index contributed by atoms with van der Waals surface area (Å²) in [4.78, 5) is 0. The molecule has 0 radical (unpaired) electrons. The van der Waals surface area contributed by atoms with Gasteiger partial charge in [0.1, 0.15) is 22.8 Å². The van der Waals surface area contributed by atoms with Gasteiger partial charge in [0.2, 0.25) is 5.75 Å². The van der Waals surface area contributed by atoms with Gasteiger partial charge in [-0.2, -0.15) is 0 Å². The molecule has 3 aromatic carbocycles. The van der Waals surface area contributed by atoms with Crippen LogP contribution in [0.2, 0.25) is 0 Å². The van der Waals surface area contributed by atoms with Crippen LogP contribution in [0.25, 0.3) is 33.4 Å². The van der Waals surface area contributed by atoms with E-state index in [1.165, 1.54) is 0 Å². The van der Waals surface area contributed by atoms with E-state index in [1.807, 2.05) is 54.6 Å². The normalized spacial score (nSPS) is 10.7. The van der Waals surface area contributed by atoms with Gasteiger partial charge in [0, 0.05) is 22.6 Å². The Bertz CT molecular complexity index is 1180. The highest BCUT2D eigenvalue weighted by Gasteiger charge is 2.22. The third kappa shape index (κ3) is 3.61. The highest BCUT2D eigenvalue weighted by atomic mass is 16.5. The maximum absolute atomic E-state index is 6.35. The van der Waals surface area contributed by atoms with Gasteiger partial charge in [0.05, 0.1) is 35.5 Å². The van der Waals surface area contributed by atoms with Crippen LogP contribution in [0.4, 0.5) is 0 Å². The molecule has 0 fully saturated rings. The van der Waals surface area contributed by atoms with Crippen LogP contribution in [-0.4, -0.2) is 35.5 Å². The predicted molar refractivity (Wildman–Crippen MR) is 120 cm³/mol. The lowest BCUT2D eigenvalue weighted by Gasteiger charge is -2.14. The van der Waals surface area contributed by atoms with Gasteiger partial charge >= 0.3 is 0 Å². The first-order valence-electron chi connectivity index (χ1n) is 9.68. The van der Waals surface area contributed by atoms with Crippen molar-refractivity contribution in [1.29, 1.82) is 0 Å². The van der Waals surface area contributed by atoms with Crippen molar-refractivity contribution in [1.82, 2.24) is 0 Å². The zero-order valence-electron chi connectivity index (χ0n) is 18.1. The van der Waals surface area contributed by atoms with Crippen LogP contribution in [0.1, 0.15) is 0 Å². The first-order chi connectivity index (χ1) is 15.1. The van der Waals surface area contributed by atoms with Crippen molar-refractivity contribution in [2.45, 2.75) is 0 Å². The summed E-state index contributed by atoms with van der Waals surface area (Å²) >= 11 is 0. The van der Waals surface area contributed by atoms with Crippen LogP contribution in [0.15, 0.2) is 59.0 Å². The minimum Gasteiger partial charge on any atom is -0.497 e. The zero-order chi connectivity index (χ0) is 22.0. The molecular weight excluding hydrogens is 396 g/mol. The zero-order valence-corrected chi connectivity index (χ0v) is 18.1. The van der Waals surface area contributed by atoms with Gasteiger partial charge in [-0.15, -0.1) is 0 Å². The Labute approximate surface area is 180 Å². The molecule has 160 valence electrons. The number of methoxy groups -OCH3 is 5. The van der Waals surface area contributed by atoms with Gasteiger partial charge in [-0.25, -0.2) is 0 Å². The summed E-state index contributed by atoms with van der Waals surface area (Å²) in [7, 11) is 8.05. The maximum Gasteiger partial charge on any atom is 0.203 e. The van der Waals surface area contributed by atoms with Crippen LogP contribution >= 0.6 is 0 Å². The monoisotopic (exact) mass is 420 g/mol. The van der Waals surface area contributed by atoms with E-state index in [1.54, 1.807) is 35.5 Å². The van der Waals surface area contributed by atoms with E-state index in [4.69, 9.17) is 28.1 Å². The van der Waals surface area contributed by atoms with Crippen LogP contribution < -0.4 is 23.7 Å². The molecule has 0 atom stereocenters. The minimum absolute atomic E-state index is 0.525. The van der Waals surface area contributed by atoms with Gasteiger partial charge in [0.25, 0.3) is 0 Å². The molecular formula is C25H24O6. The molecule has 6 nitrogen and oxygen atoms in total. The molecule has 1 heterocycles. The molecule has 0 spiro atoms. The SMILES string of the molecule is COc1ccc(-c2c(-c3cc(OC)c(OC)c(OC)c3)oc3cc(OC)ccc23)cc1. The van der Waals surface area contributed by atoms with E-state index in [0.29, 0.717) is 28.6 Å². The standard InChI is InChI=1S/C25H24O6/c1-26-17-8-6-15(7-9-17)23-19-11-10-18(27-2)14-20(19)31-24(23)16-12-21(28-3)25(30-5)22(13-16)29-4/h6-14H,1-5H3. The van der Waals surface area contributed by atoms with Crippen molar-refractivity contribution >= 4 is 11.0 Å². The molecule has 0 bridgehead atoms. The fraction of sp³-hybridized carbons (Fsp3) is 0.200. The van der Waals surface area contributed by atoms with E-state index in [9.17, 15) is 0 Å². The van der Waals surface area contributed by atoms with Crippen molar-refractivity contribution in [3.63, 3.8) is 0 Å². The Morgan fingerprint density at radius 2 is 1.19 bits per heavy atom. The summed E-state index contributed by atoms with van der Waals surface area (Å²) in [6, 6.07) is 17.4. The Hall–Kier alpha value is -3.80. The van der Waals surface area contributed by atoms with Crippen LogP contribution in [-0.2, 0) is 0 Å². The number of benzene rings is 3. The first-order valence-corrected chi connectivity index (χ1v) is 9.68. The molecule has 4 rings (SSSR count). The molecule has 0 aliphatic heterocycles. The van der Waals surface area contributed by atoms with Gasteiger partial charge in [-0.05, 0) is 42.0 Å². The van der Waals surface area contributed by atoms with Gasteiger partial charge in [-0.1, -0.05) is 12.1 Å². The van der Waals surface area contributed by atoms with Crippen LogP contribution in [0.5, 0.6) is 28.7 Å². The highest BCUT2D eigenvalue weighted by molar-refractivity contribution is 6.02. The number of hydrogen-bond donors (Lipinski definition) is 0. The molecule has 31 heavy (non-hydrogen) atoms. The number of ether oxygens (including phenoxy) is 5. The maximum atomic E-state index is 6.35. The second-order valence-corrected chi connectivity index (χ2v) is 6.81. The van der Waals surface area contributed by atoms with E-state index < -0.39 is 0 Å². The second-order valence-electron chi connectivity index (χ2n) is 6.81. The fourth-order valence-corrected chi connectivity index (χ4v) is 3.66. The number of furan rings is 1. The molecule has 1 aromatic heterocycles. The summed E-state index contributed by atoms with van der Waals surface area (Å²) in [6.07, 6.45) is 0. The van der Waals surface area contributed by atoms with E-state index >= 15 is 0 Å². The van der Waals surface area contributed by atoms with E-state index in [0.717, 1.165) is 33.6 Å². The topological polar surface area (TPSA) is 59.3 Å². The lowest BCUT2D eigenvalue weighted by atomic mass is 9.98. The Morgan fingerprint density at radius 1 is 0.581 bits per heavy atom. The summed E-state index contributed by atoms with van der Waals surface area (Å²) < 4.78 is 33.6. The van der Waals surface area contributed by atoms with Crippen molar-refractivity contribution < 1.29 is 28.1 Å². The average Bonchev–Trinajstić information content (AvgIpc) is 3.21. The summed E-state index contributed by atoms with van der Waals surface area (Å²) in [5.41, 5.74) is 3.47. The highest BCUT2D eigenvalue weighted by Crippen LogP contribution is 2.47. The van der Waals surface area contributed by atoms with Gasteiger partial charge in [-0.3, -0.25) is 0 Å². The summed E-state index contributed by atoms with van der Waals surface area (Å²) in [6.45, 7) is 0. The molecule has 0 aliphatic rings. The Kier molecular flexibility index (Phi) is 5.62. The molecule has 0 saturated heterocycles. The number of fused-ring (bicyclic) bond motifs is 1. The first kappa shape index (κ1) is 20.5. The van der Waals surface area contributed by atoms with Crippen LogP contribution in [0.3, 0.4) is 0 Å². The smallest absolute Gasteiger partial charge is 0.203 e. The molecule has 0 saturated carbocycles. The quantitative estimate of drug-likeness (QED) is 0.376. The molecule has 0 amide bonds. The Morgan fingerprint density at radius 3 is 1.74 bits per heavy atom. The minimum atomic E-state index is 0.525. The van der Waals surface area contributed by atoms with E-state index in [-0.39, 0.29) is 0 Å². The Balaban J connectivity index is 2.01.